The van der Waals surface area contributed by atoms with Crippen LogP contribution >= 0.6 is 0 Å². The number of nitrogens with one attached hydrogen (secondary N) is 3. The first-order chi connectivity index (χ1) is 17.4. The molecule has 1 aromatic heterocycles. The van der Waals surface area contributed by atoms with E-state index < -0.39 is 6.10 Å². The van der Waals surface area contributed by atoms with Gasteiger partial charge in [0.05, 0.1) is 17.2 Å². The summed E-state index contributed by atoms with van der Waals surface area (Å²) in [5, 5.41) is 15.9. The lowest BCUT2D eigenvalue weighted by molar-refractivity contribution is -0.110. The molecule has 7 nitrogen and oxygen atoms in total. The normalized spacial score (nSPS) is 17.3. The van der Waals surface area contributed by atoms with Crippen LogP contribution in [0.25, 0.3) is 22.8 Å². The van der Waals surface area contributed by atoms with Gasteiger partial charge in [0.25, 0.3) is 11.8 Å². The Morgan fingerprint density at radius 1 is 1.17 bits per heavy atom. The Morgan fingerprint density at radius 2 is 1.92 bits per heavy atom. The van der Waals surface area contributed by atoms with E-state index in [-0.39, 0.29) is 24.2 Å². The lowest BCUT2D eigenvalue weighted by Crippen LogP contribution is -2.39. The largest absolute Gasteiger partial charge is 0.390 e. The van der Waals surface area contributed by atoms with E-state index in [0.29, 0.717) is 51.3 Å². The van der Waals surface area contributed by atoms with Crippen molar-refractivity contribution in [1.82, 2.24) is 15.2 Å². The Hall–Kier alpha value is -3.75. The highest BCUT2D eigenvalue weighted by Crippen LogP contribution is 2.41. The number of hydrogen-bond donors (Lipinski definition) is 4. The maximum atomic E-state index is 14.6. The van der Waals surface area contributed by atoms with Crippen LogP contribution in [0.5, 0.6) is 0 Å². The number of fused-ring (bicyclic) bond motifs is 1. The van der Waals surface area contributed by atoms with Crippen molar-refractivity contribution in [3.05, 3.63) is 76.9 Å². The van der Waals surface area contributed by atoms with Crippen molar-refractivity contribution in [3.8, 4) is 11.1 Å². The molecule has 4 N–H and O–H groups in total. The molecule has 0 spiro atoms. The number of hydrogen-bond acceptors (Lipinski definition) is 4. The zero-order valence-electron chi connectivity index (χ0n) is 20.1. The molecule has 186 valence electrons. The first kappa shape index (κ1) is 24.0. The lowest BCUT2D eigenvalue weighted by atomic mass is 9.94. The molecule has 3 heterocycles. The molecule has 3 aromatic rings. The van der Waals surface area contributed by atoms with E-state index in [1.807, 2.05) is 0 Å². The van der Waals surface area contributed by atoms with E-state index in [0.717, 1.165) is 25.9 Å². The molecule has 2 amide bonds. The standard InChI is InChI=1S/C28H29FN4O3/c1-17-22(27(35)31-14-18(34)16-33-11-4-5-12-33)15-30-25(17)13-21-26-20(19-7-2-3-9-23(19)29)8-6-10-24(26)32-28(21)36/h2-3,6-10,13,15,18,30,34H,4-5,11-12,14,16H2,1H3,(H,31,35)(H,32,36)/b21-13-/t18-/m0/s1. The van der Waals surface area contributed by atoms with Crippen molar-refractivity contribution in [3.63, 3.8) is 0 Å². The summed E-state index contributed by atoms with van der Waals surface area (Å²) in [4.78, 5) is 31.0. The van der Waals surface area contributed by atoms with Crippen molar-refractivity contribution >= 4 is 29.2 Å². The van der Waals surface area contributed by atoms with Crippen LogP contribution in [0.2, 0.25) is 0 Å². The fourth-order valence-electron chi connectivity index (χ4n) is 4.97. The number of nitrogens with zero attached hydrogens (tertiary/aromatic N) is 1. The van der Waals surface area contributed by atoms with Crippen molar-refractivity contribution < 1.29 is 19.1 Å². The minimum absolute atomic E-state index is 0.165. The van der Waals surface area contributed by atoms with E-state index in [9.17, 15) is 19.1 Å². The fraction of sp³-hybridized carbons (Fsp3) is 0.286. The van der Waals surface area contributed by atoms with Crippen LogP contribution in [-0.4, -0.2) is 59.1 Å². The molecular formula is C28H29FN4O3. The van der Waals surface area contributed by atoms with Gasteiger partial charge in [0.15, 0.2) is 0 Å². The Kier molecular flexibility index (Phi) is 6.71. The molecule has 0 unspecified atom stereocenters. The molecule has 2 aromatic carbocycles. The van der Waals surface area contributed by atoms with Gasteiger partial charge in [0, 0.05) is 41.8 Å². The van der Waals surface area contributed by atoms with Gasteiger partial charge in [0.2, 0.25) is 0 Å². The summed E-state index contributed by atoms with van der Waals surface area (Å²) in [6.45, 7) is 4.47. The molecule has 1 atom stereocenters. The second-order valence-electron chi connectivity index (χ2n) is 9.33. The monoisotopic (exact) mass is 488 g/mol. The van der Waals surface area contributed by atoms with Gasteiger partial charge in [-0.05, 0) is 62.2 Å². The number of benzene rings is 2. The van der Waals surface area contributed by atoms with Crippen molar-refractivity contribution in [2.75, 3.05) is 31.5 Å². The number of H-pyrrole nitrogens is 1. The molecule has 0 saturated carbocycles. The number of aromatic nitrogens is 1. The van der Waals surface area contributed by atoms with Crippen molar-refractivity contribution in [2.24, 2.45) is 0 Å². The second kappa shape index (κ2) is 10.1. The average molecular weight is 489 g/mol. The van der Waals surface area contributed by atoms with Crippen LogP contribution in [0.1, 0.15) is 40.0 Å². The number of aliphatic hydroxyl groups is 1. The molecule has 2 aliphatic heterocycles. The summed E-state index contributed by atoms with van der Waals surface area (Å²) >= 11 is 0. The third-order valence-corrected chi connectivity index (χ3v) is 6.87. The number of β-amino-alcohol motifs (C(OH)–C–C–N with tert-alkyl or cyclic N) is 1. The highest BCUT2D eigenvalue weighted by atomic mass is 19.1. The third kappa shape index (κ3) is 4.69. The van der Waals surface area contributed by atoms with Gasteiger partial charge in [-0.15, -0.1) is 0 Å². The zero-order chi connectivity index (χ0) is 25.2. The smallest absolute Gasteiger partial charge is 0.256 e. The van der Waals surface area contributed by atoms with E-state index in [1.165, 1.54) is 6.07 Å². The molecule has 36 heavy (non-hydrogen) atoms. The maximum Gasteiger partial charge on any atom is 0.256 e. The number of carbonyl (C=O) groups is 2. The highest BCUT2D eigenvalue weighted by Gasteiger charge is 2.29. The molecule has 1 fully saturated rings. The van der Waals surface area contributed by atoms with Crippen molar-refractivity contribution in [1.29, 1.82) is 0 Å². The Balaban J connectivity index is 1.38. The van der Waals surface area contributed by atoms with E-state index >= 15 is 0 Å². The number of amides is 2. The first-order valence-corrected chi connectivity index (χ1v) is 12.2. The summed E-state index contributed by atoms with van der Waals surface area (Å²) in [5.74, 6) is -0.956. The quantitative estimate of drug-likeness (QED) is 0.380. The zero-order valence-corrected chi connectivity index (χ0v) is 20.1. The first-order valence-electron chi connectivity index (χ1n) is 12.2. The summed E-state index contributed by atoms with van der Waals surface area (Å²) < 4.78 is 14.6. The summed E-state index contributed by atoms with van der Waals surface area (Å²) in [5.41, 5.74) is 4.38. The van der Waals surface area contributed by atoms with E-state index in [2.05, 4.69) is 20.5 Å². The lowest BCUT2D eigenvalue weighted by Gasteiger charge is -2.19. The Labute approximate surface area is 209 Å². The van der Waals surface area contributed by atoms with Gasteiger partial charge < -0.3 is 25.6 Å². The molecule has 1 saturated heterocycles. The van der Waals surface area contributed by atoms with Crippen LogP contribution in [0, 0.1) is 12.7 Å². The van der Waals surface area contributed by atoms with E-state index in [1.54, 1.807) is 55.6 Å². The van der Waals surface area contributed by atoms with Crippen LogP contribution in [0.3, 0.4) is 0 Å². The summed E-state index contributed by atoms with van der Waals surface area (Å²) in [6.07, 6.45) is 4.94. The van der Waals surface area contributed by atoms with Crippen LogP contribution < -0.4 is 10.6 Å². The van der Waals surface area contributed by atoms with Gasteiger partial charge in [0.1, 0.15) is 5.82 Å². The minimum Gasteiger partial charge on any atom is -0.390 e. The van der Waals surface area contributed by atoms with Gasteiger partial charge in [-0.2, -0.15) is 0 Å². The number of rotatable bonds is 7. The van der Waals surface area contributed by atoms with E-state index in [4.69, 9.17) is 0 Å². The van der Waals surface area contributed by atoms with Gasteiger partial charge in [-0.25, -0.2) is 4.39 Å². The number of carbonyl (C=O) groups excluding carboxylic acids is 2. The summed E-state index contributed by atoms with van der Waals surface area (Å²) in [7, 11) is 0. The Morgan fingerprint density at radius 3 is 2.69 bits per heavy atom. The highest BCUT2D eigenvalue weighted by molar-refractivity contribution is 6.36. The number of anilines is 1. The molecule has 0 aliphatic carbocycles. The number of halogens is 1. The molecular weight excluding hydrogens is 459 g/mol. The Bertz CT molecular complexity index is 1340. The third-order valence-electron chi connectivity index (χ3n) is 6.87. The maximum absolute atomic E-state index is 14.6. The number of likely N-dealkylation sites (tertiary alicyclic amines) is 1. The van der Waals surface area contributed by atoms with Crippen molar-refractivity contribution in [2.45, 2.75) is 25.9 Å². The van der Waals surface area contributed by atoms with Gasteiger partial charge >= 0.3 is 0 Å². The summed E-state index contributed by atoms with van der Waals surface area (Å²) in [6, 6.07) is 11.8. The van der Waals surface area contributed by atoms with Gasteiger partial charge in [-0.1, -0.05) is 30.3 Å². The second-order valence-corrected chi connectivity index (χ2v) is 9.33. The topological polar surface area (TPSA) is 97.5 Å². The van der Waals surface area contributed by atoms with Crippen LogP contribution in [0.4, 0.5) is 10.1 Å². The number of aliphatic hydroxyl groups excluding tert-OH is 1. The molecule has 0 radical (unpaired) electrons. The molecule has 2 aliphatic rings. The molecule has 8 heteroatoms. The SMILES string of the molecule is Cc1c(C(=O)NC[C@H](O)CN2CCCC2)c[nH]c1/C=C1\C(=O)Nc2cccc(-c3ccccc3F)c21. The molecule has 5 rings (SSSR count). The number of aromatic amines is 1. The predicted molar refractivity (Wildman–Crippen MR) is 138 cm³/mol. The van der Waals surface area contributed by atoms with Crippen LogP contribution in [0.15, 0.2) is 48.7 Å². The predicted octanol–water partition coefficient (Wildman–Crippen LogP) is 3.81. The molecule has 0 bridgehead atoms. The average Bonchev–Trinajstić information content (AvgIpc) is 3.58. The fourth-order valence-corrected chi connectivity index (χ4v) is 4.97. The minimum atomic E-state index is -0.636. The van der Waals surface area contributed by atoms with Crippen LogP contribution in [-0.2, 0) is 4.79 Å². The van der Waals surface area contributed by atoms with Gasteiger partial charge in [-0.3, -0.25) is 9.59 Å².